The maximum absolute atomic E-state index is 11.7. The highest BCUT2D eigenvalue weighted by Crippen LogP contribution is 2.18. The Kier molecular flexibility index (Phi) is 6.67. The number of nitrogens with one attached hydrogen (secondary N) is 1. The summed E-state index contributed by atoms with van der Waals surface area (Å²) in [6.07, 6.45) is 0.915. The molecule has 2 atom stereocenters. The van der Waals surface area contributed by atoms with Gasteiger partial charge in [-0.15, -0.1) is 11.3 Å². The fraction of sp³-hybridized carbons (Fsp3) is 0.571. The van der Waals surface area contributed by atoms with Crippen LogP contribution in [0.5, 0.6) is 0 Å². The first-order chi connectivity index (χ1) is 9.47. The van der Waals surface area contributed by atoms with Gasteiger partial charge < -0.3 is 9.84 Å². The van der Waals surface area contributed by atoms with Crippen molar-refractivity contribution in [3.05, 3.63) is 21.9 Å². The van der Waals surface area contributed by atoms with Crippen molar-refractivity contribution in [1.82, 2.24) is 5.32 Å². The molecular formula is C14H21NO4S. The van der Waals surface area contributed by atoms with E-state index in [1.807, 2.05) is 26.0 Å². The van der Waals surface area contributed by atoms with Crippen LogP contribution in [0.25, 0.3) is 0 Å². The molecule has 5 nitrogen and oxygen atoms in total. The van der Waals surface area contributed by atoms with Crippen LogP contribution in [0.4, 0.5) is 0 Å². The Balaban J connectivity index is 2.60. The quantitative estimate of drug-likeness (QED) is 0.719. The highest BCUT2D eigenvalue weighted by molar-refractivity contribution is 7.12. The SMILES string of the molecule is CCC(C)C(NCc1ccc(CC(=O)O)s1)C(=O)OC. The summed E-state index contributed by atoms with van der Waals surface area (Å²) < 4.78 is 4.81. The lowest BCUT2D eigenvalue weighted by molar-refractivity contribution is -0.144. The first kappa shape index (κ1) is 16.7. The maximum atomic E-state index is 11.7. The third kappa shape index (κ3) is 4.94. The largest absolute Gasteiger partial charge is 0.481 e. The number of esters is 1. The minimum atomic E-state index is -0.835. The molecule has 1 aromatic heterocycles. The Morgan fingerprint density at radius 3 is 2.60 bits per heavy atom. The molecule has 0 aliphatic rings. The molecule has 20 heavy (non-hydrogen) atoms. The molecule has 0 aliphatic heterocycles. The van der Waals surface area contributed by atoms with Gasteiger partial charge in [0, 0.05) is 16.3 Å². The molecule has 0 aromatic carbocycles. The number of carboxylic acids is 1. The summed E-state index contributed by atoms with van der Waals surface area (Å²) in [6.45, 7) is 4.56. The summed E-state index contributed by atoms with van der Waals surface area (Å²) in [5.74, 6) is -0.916. The summed E-state index contributed by atoms with van der Waals surface area (Å²) in [7, 11) is 1.38. The maximum Gasteiger partial charge on any atom is 0.323 e. The number of carbonyl (C=O) groups is 2. The highest BCUT2D eigenvalue weighted by Gasteiger charge is 2.24. The van der Waals surface area contributed by atoms with Gasteiger partial charge in [-0.25, -0.2) is 0 Å². The first-order valence-corrected chi connectivity index (χ1v) is 7.40. The summed E-state index contributed by atoms with van der Waals surface area (Å²) >= 11 is 1.45. The number of carboxylic acid groups (broad SMARTS) is 1. The highest BCUT2D eigenvalue weighted by atomic mass is 32.1. The molecule has 0 fully saturated rings. The molecule has 1 aromatic rings. The summed E-state index contributed by atoms with van der Waals surface area (Å²) in [5, 5.41) is 11.9. The molecule has 0 bridgehead atoms. The van der Waals surface area contributed by atoms with Gasteiger partial charge in [0.2, 0.25) is 0 Å². The smallest absolute Gasteiger partial charge is 0.323 e. The van der Waals surface area contributed by atoms with Crippen molar-refractivity contribution in [3.63, 3.8) is 0 Å². The minimum Gasteiger partial charge on any atom is -0.481 e. The number of aliphatic carboxylic acids is 1. The second-order valence-corrected chi connectivity index (χ2v) is 5.96. The number of methoxy groups -OCH3 is 1. The zero-order chi connectivity index (χ0) is 15.1. The zero-order valence-corrected chi connectivity index (χ0v) is 12.8. The molecule has 2 N–H and O–H groups in total. The zero-order valence-electron chi connectivity index (χ0n) is 12.0. The minimum absolute atomic E-state index is 0.0382. The van der Waals surface area contributed by atoms with Crippen LogP contribution in [0.2, 0.25) is 0 Å². The predicted octanol–water partition coefficient (Wildman–Crippen LogP) is 2.05. The molecule has 0 saturated heterocycles. The predicted molar refractivity (Wildman–Crippen MR) is 77.8 cm³/mol. The van der Waals surface area contributed by atoms with Crippen molar-refractivity contribution in [2.45, 2.75) is 39.3 Å². The van der Waals surface area contributed by atoms with Gasteiger partial charge in [0.15, 0.2) is 0 Å². The van der Waals surface area contributed by atoms with Gasteiger partial charge >= 0.3 is 11.9 Å². The van der Waals surface area contributed by atoms with Gasteiger partial charge in [-0.2, -0.15) is 0 Å². The third-order valence-corrected chi connectivity index (χ3v) is 4.29. The lowest BCUT2D eigenvalue weighted by Crippen LogP contribution is -2.42. The molecule has 0 radical (unpaired) electrons. The second-order valence-electron chi connectivity index (χ2n) is 4.71. The number of rotatable bonds is 8. The van der Waals surface area contributed by atoms with E-state index in [9.17, 15) is 9.59 Å². The van der Waals surface area contributed by atoms with Crippen LogP contribution in [0, 0.1) is 5.92 Å². The van der Waals surface area contributed by atoms with Crippen molar-refractivity contribution in [2.75, 3.05) is 7.11 Å². The molecule has 1 rings (SSSR count). The monoisotopic (exact) mass is 299 g/mol. The average molecular weight is 299 g/mol. The average Bonchev–Trinajstić information content (AvgIpc) is 2.84. The Morgan fingerprint density at radius 1 is 1.40 bits per heavy atom. The van der Waals surface area contributed by atoms with Crippen molar-refractivity contribution in [1.29, 1.82) is 0 Å². The lowest BCUT2D eigenvalue weighted by Gasteiger charge is -2.21. The number of thiophene rings is 1. The normalized spacial score (nSPS) is 13.8. The first-order valence-electron chi connectivity index (χ1n) is 6.58. The molecule has 0 amide bonds. The van der Waals surface area contributed by atoms with E-state index in [-0.39, 0.29) is 24.3 Å². The van der Waals surface area contributed by atoms with Crippen molar-refractivity contribution in [3.8, 4) is 0 Å². The van der Waals surface area contributed by atoms with Gasteiger partial charge in [0.25, 0.3) is 0 Å². The Bertz CT molecular complexity index is 458. The summed E-state index contributed by atoms with van der Waals surface area (Å²) in [4.78, 5) is 24.2. The van der Waals surface area contributed by atoms with Gasteiger partial charge in [0.05, 0.1) is 13.5 Å². The van der Waals surface area contributed by atoms with Gasteiger partial charge in [-0.3, -0.25) is 14.9 Å². The Hall–Kier alpha value is -1.40. The second kappa shape index (κ2) is 8.01. The van der Waals surface area contributed by atoms with Crippen LogP contribution in [-0.2, 0) is 27.3 Å². The molecule has 112 valence electrons. The Labute approximate surface area is 123 Å². The van der Waals surface area contributed by atoms with Crippen LogP contribution < -0.4 is 5.32 Å². The molecule has 0 saturated carbocycles. The van der Waals surface area contributed by atoms with Crippen molar-refractivity contribution < 1.29 is 19.4 Å². The van der Waals surface area contributed by atoms with E-state index in [2.05, 4.69) is 5.32 Å². The van der Waals surface area contributed by atoms with Gasteiger partial charge in [-0.05, 0) is 18.1 Å². The van der Waals surface area contributed by atoms with Crippen LogP contribution in [0.15, 0.2) is 12.1 Å². The number of ether oxygens (including phenoxy) is 1. The van der Waals surface area contributed by atoms with E-state index in [4.69, 9.17) is 9.84 Å². The van der Waals surface area contributed by atoms with Crippen LogP contribution in [-0.4, -0.2) is 30.2 Å². The van der Waals surface area contributed by atoms with Crippen LogP contribution >= 0.6 is 11.3 Å². The van der Waals surface area contributed by atoms with E-state index in [1.54, 1.807) is 0 Å². The third-order valence-electron chi connectivity index (χ3n) is 3.21. The number of hydrogen-bond donors (Lipinski definition) is 2. The van der Waals surface area contributed by atoms with Crippen LogP contribution in [0.3, 0.4) is 0 Å². The van der Waals surface area contributed by atoms with Crippen molar-refractivity contribution in [2.24, 2.45) is 5.92 Å². The topological polar surface area (TPSA) is 75.6 Å². The molecule has 0 aliphatic carbocycles. The fourth-order valence-electron chi connectivity index (χ4n) is 1.85. The van der Waals surface area contributed by atoms with Gasteiger partial charge in [-0.1, -0.05) is 20.3 Å². The summed E-state index contributed by atoms with van der Waals surface area (Å²) in [5.41, 5.74) is 0. The van der Waals surface area contributed by atoms with E-state index in [1.165, 1.54) is 18.4 Å². The summed E-state index contributed by atoms with van der Waals surface area (Å²) in [6, 6.07) is 3.36. The van der Waals surface area contributed by atoms with E-state index < -0.39 is 5.97 Å². The standard InChI is InChI=1S/C14H21NO4S/c1-4-9(2)13(14(18)19-3)15-8-11-6-5-10(20-11)7-12(16)17/h5-6,9,13,15H,4,7-8H2,1-3H3,(H,16,17). The van der Waals surface area contributed by atoms with E-state index >= 15 is 0 Å². The molecule has 6 heteroatoms. The number of hydrogen-bond acceptors (Lipinski definition) is 5. The lowest BCUT2D eigenvalue weighted by atomic mass is 9.99. The molecule has 0 spiro atoms. The van der Waals surface area contributed by atoms with E-state index in [0.29, 0.717) is 6.54 Å². The van der Waals surface area contributed by atoms with Gasteiger partial charge in [0.1, 0.15) is 6.04 Å². The van der Waals surface area contributed by atoms with E-state index in [0.717, 1.165) is 16.2 Å². The van der Waals surface area contributed by atoms with Crippen LogP contribution in [0.1, 0.15) is 30.0 Å². The van der Waals surface area contributed by atoms with Crippen molar-refractivity contribution >= 4 is 23.3 Å². The number of carbonyl (C=O) groups excluding carboxylic acids is 1. The molecule has 1 heterocycles. The molecular weight excluding hydrogens is 278 g/mol. The molecule has 2 unspecified atom stereocenters. The fourth-order valence-corrected chi connectivity index (χ4v) is 2.81. The Morgan fingerprint density at radius 2 is 2.05 bits per heavy atom.